The highest BCUT2D eigenvalue weighted by Crippen LogP contribution is 2.29. The van der Waals surface area contributed by atoms with Crippen molar-refractivity contribution >= 4 is 51.8 Å². The number of nitrogens with zero attached hydrogens (tertiary/aromatic N) is 1. The second kappa shape index (κ2) is 5.44. The summed E-state index contributed by atoms with van der Waals surface area (Å²) in [4.78, 5) is 24.9. The van der Waals surface area contributed by atoms with E-state index >= 15 is 0 Å². The molecule has 96 valence electrons. The van der Waals surface area contributed by atoms with Crippen molar-refractivity contribution in [3.63, 3.8) is 0 Å². The maximum atomic E-state index is 11.9. The number of carbonyl (C=O) groups is 2. The summed E-state index contributed by atoms with van der Waals surface area (Å²) in [6, 6.07) is 5.41. The minimum atomic E-state index is -0.388. The summed E-state index contributed by atoms with van der Waals surface area (Å²) < 4.78 is 5.59. The first-order valence-corrected chi connectivity index (χ1v) is 6.82. The molecule has 1 heterocycles. The van der Waals surface area contributed by atoms with Crippen molar-refractivity contribution in [3.8, 4) is 0 Å². The van der Waals surface area contributed by atoms with E-state index < -0.39 is 0 Å². The van der Waals surface area contributed by atoms with Crippen LogP contribution < -0.4 is 4.90 Å². The van der Waals surface area contributed by atoms with Crippen LogP contribution in [0.5, 0.6) is 0 Å². The molecular weight excluding hydrogens is 368 g/mol. The van der Waals surface area contributed by atoms with Gasteiger partial charge in [-0.2, -0.15) is 0 Å². The number of ether oxygens (including phenoxy) is 1. The van der Waals surface area contributed by atoms with Crippen molar-refractivity contribution in [2.75, 3.05) is 18.6 Å². The fourth-order valence-electron chi connectivity index (χ4n) is 1.93. The zero-order valence-electron chi connectivity index (χ0n) is 9.65. The van der Waals surface area contributed by atoms with Crippen LogP contribution in [0.3, 0.4) is 0 Å². The van der Waals surface area contributed by atoms with Gasteiger partial charge in [0.15, 0.2) is 0 Å². The Morgan fingerprint density at radius 2 is 2.28 bits per heavy atom. The van der Waals surface area contributed by atoms with Crippen LogP contribution in [0.1, 0.15) is 6.42 Å². The molecule has 0 aliphatic carbocycles. The first kappa shape index (κ1) is 13.6. The summed E-state index contributed by atoms with van der Waals surface area (Å²) in [5.41, 5.74) is 0.719. The Kier molecular flexibility index (Phi) is 4.11. The molecule has 2 rings (SSSR count). The smallest absolute Gasteiger partial charge is 0.311 e. The minimum Gasteiger partial charge on any atom is -0.469 e. The molecule has 6 heteroatoms. The first-order valence-electron chi connectivity index (χ1n) is 5.36. The molecule has 1 unspecified atom stereocenters. The summed E-state index contributed by atoms with van der Waals surface area (Å²) in [5.74, 6) is -0.814. The monoisotopic (exact) mass is 379 g/mol. The zero-order valence-corrected chi connectivity index (χ0v) is 12.6. The topological polar surface area (TPSA) is 46.6 Å². The van der Waals surface area contributed by atoms with E-state index in [0.29, 0.717) is 11.6 Å². The molecule has 0 bridgehead atoms. The van der Waals surface area contributed by atoms with E-state index in [4.69, 9.17) is 11.6 Å². The van der Waals surface area contributed by atoms with Gasteiger partial charge >= 0.3 is 5.97 Å². The number of hydrogen-bond acceptors (Lipinski definition) is 3. The molecule has 1 aromatic rings. The lowest BCUT2D eigenvalue weighted by Gasteiger charge is -2.16. The molecule has 0 aromatic heterocycles. The van der Waals surface area contributed by atoms with E-state index in [1.165, 1.54) is 7.11 Å². The number of benzene rings is 1. The molecule has 1 atom stereocenters. The second-order valence-electron chi connectivity index (χ2n) is 4.03. The van der Waals surface area contributed by atoms with Gasteiger partial charge in [0.1, 0.15) is 0 Å². The van der Waals surface area contributed by atoms with Crippen LogP contribution >= 0.6 is 34.2 Å². The summed E-state index contributed by atoms with van der Waals surface area (Å²) >= 11 is 8.15. The second-order valence-corrected chi connectivity index (χ2v) is 5.60. The molecule has 18 heavy (non-hydrogen) atoms. The molecule has 1 amide bonds. The van der Waals surface area contributed by atoms with Crippen molar-refractivity contribution in [1.29, 1.82) is 0 Å². The highest BCUT2D eigenvalue weighted by atomic mass is 127. The van der Waals surface area contributed by atoms with Gasteiger partial charge in [-0.1, -0.05) is 11.6 Å². The van der Waals surface area contributed by atoms with Crippen LogP contribution in [-0.4, -0.2) is 25.5 Å². The molecule has 1 aliphatic heterocycles. The zero-order chi connectivity index (χ0) is 13.3. The lowest BCUT2D eigenvalue weighted by molar-refractivity contribution is -0.145. The third-order valence-corrected chi connectivity index (χ3v) is 4.45. The number of anilines is 1. The first-order chi connectivity index (χ1) is 8.52. The molecule has 1 saturated heterocycles. The average Bonchev–Trinajstić information content (AvgIpc) is 2.74. The summed E-state index contributed by atoms with van der Waals surface area (Å²) in [7, 11) is 1.33. The normalized spacial score (nSPS) is 19.2. The van der Waals surface area contributed by atoms with Crippen molar-refractivity contribution < 1.29 is 14.3 Å². The molecule has 1 aromatic carbocycles. The molecule has 4 nitrogen and oxygen atoms in total. The van der Waals surface area contributed by atoms with Gasteiger partial charge in [0, 0.05) is 22.2 Å². The minimum absolute atomic E-state index is 0.0809. The van der Waals surface area contributed by atoms with Gasteiger partial charge in [-0.25, -0.2) is 0 Å². The number of methoxy groups -OCH3 is 1. The third-order valence-electron chi connectivity index (χ3n) is 2.87. The van der Waals surface area contributed by atoms with E-state index in [1.54, 1.807) is 11.0 Å². The molecule has 0 radical (unpaired) electrons. The Morgan fingerprint density at radius 3 is 2.89 bits per heavy atom. The van der Waals surface area contributed by atoms with Crippen molar-refractivity contribution in [1.82, 2.24) is 0 Å². The van der Waals surface area contributed by atoms with Crippen LogP contribution in [0.2, 0.25) is 5.02 Å². The number of rotatable bonds is 2. The fourth-order valence-corrected chi connectivity index (χ4v) is 2.44. The number of halogens is 2. The average molecular weight is 380 g/mol. The molecule has 0 spiro atoms. The van der Waals surface area contributed by atoms with Gasteiger partial charge in [-0.3, -0.25) is 9.59 Å². The lowest BCUT2D eigenvalue weighted by atomic mass is 10.1. The molecule has 0 saturated carbocycles. The van der Waals surface area contributed by atoms with Gasteiger partial charge in [-0.15, -0.1) is 0 Å². The number of carbonyl (C=O) groups excluding carboxylic acids is 2. The summed E-state index contributed by atoms with van der Waals surface area (Å²) in [6.45, 7) is 0.350. The number of esters is 1. The SMILES string of the molecule is COC(=O)C1CC(=O)N(c2ccc(I)c(Cl)c2)C1. The standard InChI is InChI=1S/C12H11ClINO3/c1-18-12(17)7-4-11(16)15(6-7)8-2-3-10(14)9(13)5-8/h2-3,5,7H,4,6H2,1H3. The number of amides is 1. The maximum Gasteiger partial charge on any atom is 0.311 e. The van der Waals surface area contributed by atoms with Crippen LogP contribution in [0.4, 0.5) is 5.69 Å². The van der Waals surface area contributed by atoms with Crippen LogP contribution in [-0.2, 0) is 14.3 Å². The van der Waals surface area contributed by atoms with Gasteiger partial charge in [0.05, 0.1) is 18.1 Å². The van der Waals surface area contributed by atoms with Crippen LogP contribution in [0, 0.1) is 9.49 Å². The van der Waals surface area contributed by atoms with Gasteiger partial charge < -0.3 is 9.64 Å². The van der Waals surface area contributed by atoms with Gasteiger partial charge in [0.25, 0.3) is 0 Å². The molecular formula is C12H11ClINO3. The lowest BCUT2D eigenvalue weighted by Crippen LogP contribution is -2.26. The van der Waals surface area contributed by atoms with Crippen LogP contribution in [0.25, 0.3) is 0 Å². The third kappa shape index (κ3) is 2.61. The molecule has 0 N–H and O–H groups in total. The predicted octanol–water partition coefficient (Wildman–Crippen LogP) is 2.47. The van der Waals surface area contributed by atoms with E-state index in [2.05, 4.69) is 27.3 Å². The Balaban J connectivity index is 2.21. The fraction of sp³-hybridized carbons (Fsp3) is 0.333. The summed E-state index contributed by atoms with van der Waals surface area (Å²) in [5, 5.41) is 0.599. The van der Waals surface area contributed by atoms with E-state index in [9.17, 15) is 9.59 Å². The Hall–Kier alpha value is -0.820. The Morgan fingerprint density at radius 1 is 1.56 bits per heavy atom. The van der Waals surface area contributed by atoms with Crippen molar-refractivity contribution in [2.45, 2.75) is 6.42 Å². The highest BCUT2D eigenvalue weighted by molar-refractivity contribution is 14.1. The van der Waals surface area contributed by atoms with Crippen molar-refractivity contribution in [3.05, 3.63) is 26.8 Å². The van der Waals surface area contributed by atoms with E-state index in [1.807, 2.05) is 12.1 Å². The van der Waals surface area contributed by atoms with E-state index in [-0.39, 0.29) is 24.2 Å². The summed E-state index contributed by atoms with van der Waals surface area (Å²) in [6.07, 6.45) is 0.191. The van der Waals surface area contributed by atoms with Gasteiger partial charge in [-0.05, 0) is 40.8 Å². The molecule has 1 aliphatic rings. The predicted molar refractivity (Wildman–Crippen MR) is 76.6 cm³/mol. The Bertz CT molecular complexity index is 506. The van der Waals surface area contributed by atoms with E-state index in [0.717, 1.165) is 9.26 Å². The highest BCUT2D eigenvalue weighted by Gasteiger charge is 2.35. The van der Waals surface area contributed by atoms with Gasteiger partial charge in [0.2, 0.25) is 5.91 Å². The Labute approximate surface area is 123 Å². The van der Waals surface area contributed by atoms with Crippen molar-refractivity contribution in [2.24, 2.45) is 5.92 Å². The number of hydrogen-bond donors (Lipinski definition) is 0. The largest absolute Gasteiger partial charge is 0.469 e. The molecule has 1 fully saturated rings. The maximum absolute atomic E-state index is 11.9. The van der Waals surface area contributed by atoms with Crippen LogP contribution in [0.15, 0.2) is 18.2 Å². The quantitative estimate of drug-likeness (QED) is 0.586.